The molecule has 3 heteroatoms. The molecule has 1 fully saturated rings. The van der Waals surface area contributed by atoms with Crippen LogP contribution in [0.25, 0.3) is 0 Å². The Morgan fingerprint density at radius 3 is 2.17 bits per heavy atom. The van der Waals surface area contributed by atoms with Gasteiger partial charge in [-0.05, 0) is 36.6 Å². The van der Waals surface area contributed by atoms with Crippen LogP contribution in [0, 0.1) is 6.92 Å². The lowest BCUT2D eigenvalue weighted by Gasteiger charge is -2.40. The molecule has 0 bridgehead atoms. The van der Waals surface area contributed by atoms with E-state index in [1.807, 2.05) is 11.8 Å². The average molecular weight is 404 g/mol. The second kappa shape index (κ2) is 9.62. The van der Waals surface area contributed by atoms with Crippen LogP contribution in [0.1, 0.15) is 34.9 Å². The molecule has 150 valence electrons. The summed E-state index contributed by atoms with van der Waals surface area (Å²) < 4.78 is 6.36. The number of ether oxygens (including phenoxy) is 1. The van der Waals surface area contributed by atoms with Gasteiger partial charge < -0.3 is 4.74 Å². The molecular weight excluding hydrogens is 374 g/mol. The van der Waals surface area contributed by atoms with E-state index in [2.05, 4.69) is 104 Å². The summed E-state index contributed by atoms with van der Waals surface area (Å²) in [6.07, 6.45) is 0.155. The fourth-order valence-electron chi connectivity index (χ4n) is 4.00. The lowest BCUT2D eigenvalue weighted by Crippen LogP contribution is -2.45. The van der Waals surface area contributed by atoms with Crippen LogP contribution in [-0.2, 0) is 4.74 Å². The Balaban J connectivity index is 1.58. The van der Waals surface area contributed by atoms with Crippen LogP contribution >= 0.6 is 11.8 Å². The molecular formula is C26H29NOS. The third-order valence-electron chi connectivity index (χ3n) is 5.77. The Bertz CT molecular complexity index is 899. The fourth-order valence-corrected chi connectivity index (χ4v) is 5.29. The molecule has 0 N–H and O–H groups in total. The first kappa shape index (κ1) is 20.2. The molecule has 1 saturated heterocycles. The van der Waals surface area contributed by atoms with Gasteiger partial charge in [-0.15, -0.1) is 11.8 Å². The second-order valence-electron chi connectivity index (χ2n) is 7.71. The summed E-state index contributed by atoms with van der Waals surface area (Å²) in [5.74, 6) is 0. The molecule has 0 spiro atoms. The van der Waals surface area contributed by atoms with E-state index in [1.165, 1.54) is 21.6 Å². The number of rotatable bonds is 6. The van der Waals surface area contributed by atoms with Gasteiger partial charge in [0, 0.05) is 24.0 Å². The topological polar surface area (TPSA) is 12.5 Å². The normalized spacial score (nSPS) is 19.6. The Labute approximate surface area is 178 Å². The Hall–Kier alpha value is -2.07. The first-order valence-electron chi connectivity index (χ1n) is 10.4. The van der Waals surface area contributed by atoms with Crippen molar-refractivity contribution in [3.05, 3.63) is 102 Å². The molecule has 3 aromatic carbocycles. The van der Waals surface area contributed by atoms with Gasteiger partial charge in [0.1, 0.15) is 0 Å². The van der Waals surface area contributed by atoms with Crippen LogP contribution in [0.5, 0.6) is 0 Å². The Morgan fingerprint density at radius 2 is 1.48 bits per heavy atom. The van der Waals surface area contributed by atoms with Crippen LogP contribution in [-0.4, -0.2) is 30.7 Å². The van der Waals surface area contributed by atoms with Crippen molar-refractivity contribution in [3.8, 4) is 0 Å². The van der Waals surface area contributed by atoms with Crippen molar-refractivity contribution in [2.24, 2.45) is 0 Å². The summed E-state index contributed by atoms with van der Waals surface area (Å²) in [4.78, 5) is 3.90. The highest BCUT2D eigenvalue weighted by Gasteiger charge is 2.32. The number of aryl methyl sites for hydroxylation is 1. The summed E-state index contributed by atoms with van der Waals surface area (Å²) in [6.45, 7) is 7.19. The maximum Gasteiger partial charge on any atom is 0.0865 e. The predicted molar refractivity (Wildman–Crippen MR) is 122 cm³/mol. The van der Waals surface area contributed by atoms with E-state index in [4.69, 9.17) is 4.74 Å². The highest BCUT2D eigenvalue weighted by molar-refractivity contribution is 7.99. The number of morpholine rings is 1. The van der Waals surface area contributed by atoms with E-state index in [9.17, 15) is 0 Å². The minimum absolute atomic E-state index is 0.155. The smallest absolute Gasteiger partial charge is 0.0865 e. The first-order chi connectivity index (χ1) is 14.2. The molecule has 0 aromatic heterocycles. The maximum atomic E-state index is 6.36. The van der Waals surface area contributed by atoms with Crippen LogP contribution in [0.4, 0.5) is 0 Å². The molecule has 4 rings (SSSR count). The number of nitrogens with zero attached hydrogens (tertiary/aromatic N) is 1. The number of thioether (sulfide) groups is 1. The molecule has 0 radical (unpaired) electrons. The molecule has 3 aromatic rings. The first-order valence-corrected chi connectivity index (χ1v) is 11.3. The molecule has 0 aliphatic carbocycles. The summed E-state index contributed by atoms with van der Waals surface area (Å²) in [7, 11) is 0. The molecule has 0 saturated carbocycles. The zero-order valence-electron chi connectivity index (χ0n) is 17.2. The molecule has 29 heavy (non-hydrogen) atoms. The van der Waals surface area contributed by atoms with Gasteiger partial charge in [0.05, 0.1) is 18.0 Å². The van der Waals surface area contributed by atoms with Crippen LogP contribution in [0.3, 0.4) is 0 Å². The summed E-state index contributed by atoms with van der Waals surface area (Å²) in [6, 6.07) is 30.7. The van der Waals surface area contributed by atoms with Crippen LogP contribution in [0.15, 0.2) is 89.8 Å². The SMILES string of the molecule is Cc1ccccc1S[C@@H](c1ccccc1)[C@@H]1CN([C@H](C)c2ccccc2)CCO1. The van der Waals surface area contributed by atoms with Gasteiger partial charge in [-0.3, -0.25) is 4.90 Å². The summed E-state index contributed by atoms with van der Waals surface area (Å²) in [5, 5.41) is 0.267. The summed E-state index contributed by atoms with van der Waals surface area (Å²) >= 11 is 1.93. The minimum atomic E-state index is 0.155. The molecule has 1 aliphatic heterocycles. The lowest BCUT2D eigenvalue weighted by atomic mass is 10.0. The Morgan fingerprint density at radius 1 is 0.862 bits per heavy atom. The van der Waals surface area contributed by atoms with Crippen LogP contribution in [0.2, 0.25) is 0 Å². The standard InChI is InChI=1S/C26H29NOS/c1-20-11-9-10-16-25(20)29-26(23-14-7-4-8-15-23)24-19-27(17-18-28-24)21(2)22-12-5-3-6-13-22/h3-16,21,24,26H,17-19H2,1-2H3/t21-,24+,26+/m1/s1. The third-order valence-corrected chi connectivity index (χ3v) is 7.31. The highest BCUT2D eigenvalue weighted by Crippen LogP contribution is 2.41. The van der Waals surface area contributed by atoms with Crippen molar-refractivity contribution in [2.45, 2.75) is 36.1 Å². The van der Waals surface area contributed by atoms with E-state index in [1.54, 1.807) is 0 Å². The van der Waals surface area contributed by atoms with Crippen molar-refractivity contribution in [1.82, 2.24) is 4.90 Å². The monoisotopic (exact) mass is 403 g/mol. The zero-order chi connectivity index (χ0) is 20.1. The van der Waals surface area contributed by atoms with E-state index in [-0.39, 0.29) is 11.4 Å². The van der Waals surface area contributed by atoms with E-state index in [0.29, 0.717) is 6.04 Å². The number of benzene rings is 3. The van der Waals surface area contributed by atoms with Crippen molar-refractivity contribution in [2.75, 3.05) is 19.7 Å². The maximum absolute atomic E-state index is 6.36. The van der Waals surface area contributed by atoms with Gasteiger partial charge in [-0.2, -0.15) is 0 Å². The average Bonchev–Trinajstić information content (AvgIpc) is 2.79. The second-order valence-corrected chi connectivity index (χ2v) is 8.89. The zero-order valence-corrected chi connectivity index (χ0v) is 18.0. The van der Waals surface area contributed by atoms with Crippen molar-refractivity contribution in [1.29, 1.82) is 0 Å². The van der Waals surface area contributed by atoms with Gasteiger partial charge in [0.25, 0.3) is 0 Å². The van der Waals surface area contributed by atoms with E-state index in [0.717, 1.165) is 19.7 Å². The highest BCUT2D eigenvalue weighted by atomic mass is 32.2. The van der Waals surface area contributed by atoms with Gasteiger partial charge in [-0.25, -0.2) is 0 Å². The molecule has 1 heterocycles. The number of hydrogen-bond acceptors (Lipinski definition) is 3. The molecule has 3 atom stereocenters. The largest absolute Gasteiger partial charge is 0.374 e. The lowest BCUT2D eigenvalue weighted by molar-refractivity contribution is -0.0420. The van der Waals surface area contributed by atoms with Gasteiger partial charge in [-0.1, -0.05) is 78.9 Å². The van der Waals surface area contributed by atoms with Gasteiger partial charge >= 0.3 is 0 Å². The van der Waals surface area contributed by atoms with Crippen molar-refractivity contribution >= 4 is 11.8 Å². The molecule has 1 aliphatic rings. The minimum Gasteiger partial charge on any atom is -0.374 e. The predicted octanol–water partition coefficient (Wildman–Crippen LogP) is 6.29. The molecule has 0 amide bonds. The van der Waals surface area contributed by atoms with Gasteiger partial charge in [0.2, 0.25) is 0 Å². The molecule has 0 unspecified atom stereocenters. The van der Waals surface area contributed by atoms with Gasteiger partial charge in [0.15, 0.2) is 0 Å². The van der Waals surface area contributed by atoms with Crippen molar-refractivity contribution < 1.29 is 4.74 Å². The van der Waals surface area contributed by atoms with Crippen molar-refractivity contribution in [3.63, 3.8) is 0 Å². The third kappa shape index (κ3) is 4.92. The Kier molecular flexibility index (Phi) is 6.70. The quantitative estimate of drug-likeness (QED) is 0.449. The number of hydrogen-bond donors (Lipinski definition) is 0. The van der Waals surface area contributed by atoms with E-state index >= 15 is 0 Å². The van der Waals surface area contributed by atoms with E-state index < -0.39 is 0 Å². The summed E-state index contributed by atoms with van der Waals surface area (Å²) in [5.41, 5.74) is 4.03. The fraction of sp³-hybridized carbons (Fsp3) is 0.308. The molecule has 2 nitrogen and oxygen atoms in total. The van der Waals surface area contributed by atoms with Crippen LogP contribution < -0.4 is 0 Å².